The van der Waals surface area contributed by atoms with Crippen molar-refractivity contribution in [3.8, 4) is 17.2 Å². The number of rotatable bonds is 3. The lowest BCUT2D eigenvalue weighted by molar-refractivity contribution is -0.182. The molecule has 0 spiro atoms. The van der Waals surface area contributed by atoms with E-state index in [2.05, 4.69) is 0 Å². The van der Waals surface area contributed by atoms with Crippen LogP contribution in [0, 0.1) is 0 Å². The van der Waals surface area contributed by atoms with Crippen LogP contribution in [-0.2, 0) is 16.0 Å². The molecule has 0 fully saturated rings. The van der Waals surface area contributed by atoms with E-state index >= 15 is 0 Å². The van der Waals surface area contributed by atoms with Crippen molar-refractivity contribution >= 4 is 5.97 Å². The van der Waals surface area contributed by atoms with Gasteiger partial charge in [0.15, 0.2) is 6.10 Å². The number of hydrogen-bond acceptors (Lipinski definition) is 7. The van der Waals surface area contributed by atoms with E-state index in [-0.39, 0.29) is 24.3 Å². The van der Waals surface area contributed by atoms with Crippen molar-refractivity contribution < 1.29 is 34.7 Å². The minimum Gasteiger partial charge on any atom is -0.508 e. The average Bonchev–Trinajstić information content (AvgIpc) is 2.71. The molecule has 0 saturated heterocycles. The molecule has 152 valence electrons. The van der Waals surface area contributed by atoms with Crippen molar-refractivity contribution in [2.24, 2.45) is 0 Å². The maximum absolute atomic E-state index is 12.8. The molecule has 0 aromatic heterocycles. The molecule has 4 N–H and O–H groups in total. The SMILES string of the molecule is O=C(O[C@@H]1Cc2c(O)cc(O)cc2O[C@@H]1c1ccccc1)C1(O)C=CCCC1O. The number of carbonyl (C=O) groups excluding carboxylic acids is 1. The average molecular weight is 398 g/mol. The van der Waals surface area contributed by atoms with E-state index in [9.17, 15) is 25.2 Å². The van der Waals surface area contributed by atoms with Crippen LogP contribution in [0.5, 0.6) is 17.2 Å². The van der Waals surface area contributed by atoms with Gasteiger partial charge in [-0.3, -0.25) is 0 Å². The quantitative estimate of drug-likeness (QED) is 0.462. The number of benzene rings is 2. The number of aliphatic hydroxyl groups is 2. The second kappa shape index (κ2) is 7.42. The second-order valence-electron chi connectivity index (χ2n) is 7.36. The Balaban J connectivity index is 1.68. The summed E-state index contributed by atoms with van der Waals surface area (Å²) in [6, 6.07) is 11.7. The van der Waals surface area contributed by atoms with Gasteiger partial charge in [0, 0.05) is 24.1 Å². The van der Waals surface area contributed by atoms with E-state index in [1.54, 1.807) is 6.08 Å². The Labute approximate surface area is 167 Å². The Kier molecular flexibility index (Phi) is 4.94. The van der Waals surface area contributed by atoms with Crippen LogP contribution in [-0.4, -0.2) is 44.2 Å². The van der Waals surface area contributed by atoms with Crippen molar-refractivity contribution in [3.05, 3.63) is 65.7 Å². The molecule has 1 heterocycles. The first kappa shape index (κ1) is 19.3. The zero-order chi connectivity index (χ0) is 20.6. The van der Waals surface area contributed by atoms with E-state index in [4.69, 9.17) is 9.47 Å². The number of aliphatic hydroxyl groups excluding tert-OH is 1. The first-order valence-corrected chi connectivity index (χ1v) is 9.44. The summed E-state index contributed by atoms with van der Waals surface area (Å²) >= 11 is 0. The minimum atomic E-state index is -2.13. The molecule has 0 radical (unpaired) electrons. The van der Waals surface area contributed by atoms with Crippen LogP contribution in [0.4, 0.5) is 0 Å². The van der Waals surface area contributed by atoms with Gasteiger partial charge in [0.25, 0.3) is 0 Å². The smallest absolute Gasteiger partial charge is 0.345 e. The fourth-order valence-corrected chi connectivity index (χ4v) is 3.76. The largest absolute Gasteiger partial charge is 0.508 e. The number of aromatic hydroxyl groups is 2. The lowest BCUT2D eigenvalue weighted by Gasteiger charge is -2.37. The fraction of sp³-hybridized carbons (Fsp3) is 0.318. The highest BCUT2D eigenvalue weighted by Gasteiger charge is 2.46. The lowest BCUT2D eigenvalue weighted by atomic mass is 9.87. The topological polar surface area (TPSA) is 116 Å². The normalized spacial score (nSPS) is 28.3. The summed E-state index contributed by atoms with van der Waals surface area (Å²) in [5, 5.41) is 40.8. The van der Waals surface area contributed by atoms with E-state index in [0.29, 0.717) is 17.7 Å². The number of ether oxygens (including phenoxy) is 2. The fourth-order valence-electron chi connectivity index (χ4n) is 3.76. The molecule has 2 aromatic carbocycles. The Morgan fingerprint density at radius 3 is 2.66 bits per heavy atom. The first-order valence-electron chi connectivity index (χ1n) is 9.44. The van der Waals surface area contributed by atoms with Gasteiger partial charge in [-0.15, -0.1) is 0 Å². The third-order valence-electron chi connectivity index (χ3n) is 5.37. The number of fused-ring (bicyclic) bond motifs is 1. The van der Waals surface area contributed by atoms with Crippen molar-refractivity contribution in [2.45, 2.75) is 43.2 Å². The molecule has 2 unspecified atom stereocenters. The number of esters is 1. The Morgan fingerprint density at radius 2 is 1.93 bits per heavy atom. The van der Waals surface area contributed by atoms with Gasteiger partial charge < -0.3 is 29.9 Å². The summed E-state index contributed by atoms with van der Waals surface area (Å²) in [5.74, 6) is -1.01. The molecule has 1 aliphatic carbocycles. The van der Waals surface area contributed by atoms with Gasteiger partial charge in [0.1, 0.15) is 23.4 Å². The second-order valence-corrected chi connectivity index (χ2v) is 7.36. The summed E-state index contributed by atoms with van der Waals surface area (Å²) in [5.41, 5.74) is -1.01. The molecule has 0 saturated carbocycles. The predicted octanol–water partition coefficient (Wildman–Crippen LogP) is 2.13. The van der Waals surface area contributed by atoms with Gasteiger partial charge in [-0.05, 0) is 24.5 Å². The minimum absolute atomic E-state index is 0.114. The number of allylic oxidation sites excluding steroid dienone is 1. The predicted molar refractivity (Wildman–Crippen MR) is 102 cm³/mol. The molecule has 4 atom stereocenters. The summed E-state index contributed by atoms with van der Waals surface area (Å²) in [6.07, 6.45) is 0.953. The maximum Gasteiger partial charge on any atom is 0.345 e. The number of phenolic OH excluding ortho intramolecular Hbond substituents is 2. The molecule has 7 heteroatoms. The van der Waals surface area contributed by atoms with Gasteiger partial charge >= 0.3 is 5.97 Å². The Morgan fingerprint density at radius 1 is 1.17 bits per heavy atom. The van der Waals surface area contributed by atoms with Crippen LogP contribution in [0.1, 0.15) is 30.1 Å². The van der Waals surface area contributed by atoms with Crippen LogP contribution in [0.3, 0.4) is 0 Å². The highest BCUT2D eigenvalue weighted by Crippen LogP contribution is 2.43. The number of hydrogen-bond donors (Lipinski definition) is 4. The van der Waals surface area contributed by atoms with Gasteiger partial charge in [-0.1, -0.05) is 36.4 Å². The van der Waals surface area contributed by atoms with Gasteiger partial charge in [0.05, 0.1) is 6.10 Å². The van der Waals surface area contributed by atoms with Crippen LogP contribution < -0.4 is 4.74 Å². The number of phenols is 2. The molecule has 4 rings (SSSR count). The molecule has 0 bridgehead atoms. The molecule has 29 heavy (non-hydrogen) atoms. The highest BCUT2D eigenvalue weighted by atomic mass is 16.6. The molecular formula is C22H22O7. The summed E-state index contributed by atoms with van der Waals surface area (Å²) < 4.78 is 11.6. The summed E-state index contributed by atoms with van der Waals surface area (Å²) in [4.78, 5) is 12.8. The zero-order valence-electron chi connectivity index (χ0n) is 15.6. The van der Waals surface area contributed by atoms with E-state index in [1.165, 1.54) is 18.2 Å². The standard InChI is InChI=1S/C22H22O7/c23-14-10-16(24)15-12-18(29-21(26)22(27)9-5-4-8-19(22)25)20(28-17(15)11-14)13-6-2-1-3-7-13/h1-3,5-7,9-11,18-20,23-25,27H,4,8,12H2/t18-,19?,20-,22?/m1/s1. The van der Waals surface area contributed by atoms with Crippen molar-refractivity contribution in [3.63, 3.8) is 0 Å². The summed E-state index contributed by atoms with van der Waals surface area (Å²) in [6.45, 7) is 0. The lowest BCUT2D eigenvalue weighted by Crippen LogP contribution is -2.52. The molecule has 0 amide bonds. The molecule has 1 aliphatic heterocycles. The third kappa shape index (κ3) is 3.54. The van der Waals surface area contributed by atoms with E-state index < -0.39 is 29.9 Å². The maximum atomic E-state index is 12.8. The first-order chi connectivity index (χ1) is 13.9. The van der Waals surface area contributed by atoms with Crippen molar-refractivity contribution in [1.82, 2.24) is 0 Å². The molecule has 2 aliphatic rings. The zero-order valence-corrected chi connectivity index (χ0v) is 15.6. The van der Waals surface area contributed by atoms with Gasteiger partial charge in [-0.2, -0.15) is 0 Å². The highest BCUT2D eigenvalue weighted by molar-refractivity contribution is 5.83. The van der Waals surface area contributed by atoms with E-state index in [1.807, 2.05) is 30.3 Å². The van der Waals surface area contributed by atoms with Crippen molar-refractivity contribution in [1.29, 1.82) is 0 Å². The van der Waals surface area contributed by atoms with Crippen LogP contribution in [0.25, 0.3) is 0 Å². The molecule has 7 nitrogen and oxygen atoms in total. The van der Waals surface area contributed by atoms with Crippen LogP contribution >= 0.6 is 0 Å². The van der Waals surface area contributed by atoms with E-state index in [0.717, 1.165) is 5.56 Å². The van der Waals surface area contributed by atoms with Crippen LogP contribution in [0.2, 0.25) is 0 Å². The van der Waals surface area contributed by atoms with Crippen molar-refractivity contribution in [2.75, 3.05) is 0 Å². The Hall–Kier alpha value is -3.03. The number of carbonyl (C=O) groups is 1. The van der Waals surface area contributed by atoms with Crippen LogP contribution in [0.15, 0.2) is 54.6 Å². The Bertz CT molecular complexity index is 940. The van der Waals surface area contributed by atoms with Gasteiger partial charge in [0.2, 0.25) is 5.60 Å². The third-order valence-corrected chi connectivity index (χ3v) is 5.37. The van der Waals surface area contributed by atoms with Gasteiger partial charge in [-0.25, -0.2) is 4.79 Å². The molecule has 2 aromatic rings. The summed E-state index contributed by atoms with van der Waals surface area (Å²) in [7, 11) is 0. The monoisotopic (exact) mass is 398 g/mol. The molecular weight excluding hydrogens is 376 g/mol.